The van der Waals surface area contributed by atoms with E-state index < -0.39 is 11.9 Å². The third-order valence-corrected chi connectivity index (χ3v) is 2.55. The van der Waals surface area contributed by atoms with E-state index in [2.05, 4.69) is 9.97 Å². The Bertz CT molecular complexity index is 407. The molecule has 0 spiro atoms. The smallest absolute Gasteiger partial charge is 0.308 e. The van der Waals surface area contributed by atoms with Crippen molar-refractivity contribution in [3.63, 3.8) is 0 Å². The number of carboxylic acid groups (broad SMARTS) is 1. The van der Waals surface area contributed by atoms with E-state index in [1.54, 1.807) is 12.4 Å². The second-order valence-electron chi connectivity index (χ2n) is 3.76. The number of amides is 1. The van der Waals surface area contributed by atoms with Gasteiger partial charge in [0.15, 0.2) is 0 Å². The quantitative estimate of drug-likeness (QED) is 0.771. The van der Waals surface area contributed by atoms with Gasteiger partial charge in [0.25, 0.3) is 0 Å². The molecule has 0 aromatic carbocycles. The fourth-order valence-electron chi connectivity index (χ4n) is 1.72. The van der Waals surface area contributed by atoms with Crippen molar-refractivity contribution in [3.8, 4) is 0 Å². The first-order valence-electron chi connectivity index (χ1n) is 4.91. The summed E-state index contributed by atoms with van der Waals surface area (Å²) < 4.78 is 0. The zero-order chi connectivity index (χ0) is 11.5. The summed E-state index contributed by atoms with van der Waals surface area (Å²) in [6.07, 6.45) is 4.74. The SMILES string of the molecule is O=C(O)C1CC(=O)N(Cc2cncnc2)C1. The summed E-state index contributed by atoms with van der Waals surface area (Å²) in [4.78, 5) is 31.5. The molecule has 0 bridgehead atoms. The lowest BCUT2D eigenvalue weighted by Gasteiger charge is -2.15. The van der Waals surface area contributed by atoms with Gasteiger partial charge in [-0.15, -0.1) is 0 Å². The van der Waals surface area contributed by atoms with E-state index in [1.807, 2.05) is 0 Å². The summed E-state index contributed by atoms with van der Waals surface area (Å²) in [6.45, 7) is 0.645. The van der Waals surface area contributed by atoms with Gasteiger partial charge in [0.2, 0.25) is 5.91 Å². The van der Waals surface area contributed by atoms with Crippen LogP contribution in [0.3, 0.4) is 0 Å². The highest BCUT2D eigenvalue weighted by Gasteiger charge is 2.34. The number of likely N-dealkylation sites (tertiary alicyclic amines) is 1. The lowest BCUT2D eigenvalue weighted by molar-refractivity contribution is -0.141. The number of carboxylic acids is 1. The highest BCUT2D eigenvalue weighted by Crippen LogP contribution is 2.19. The molecule has 2 rings (SSSR count). The number of hydrogen-bond donors (Lipinski definition) is 1. The van der Waals surface area contributed by atoms with Crippen LogP contribution in [0.4, 0.5) is 0 Å². The van der Waals surface area contributed by atoms with E-state index in [0.29, 0.717) is 6.54 Å². The predicted molar refractivity (Wildman–Crippen MR) is 53.2 cm³/mol. The van der Waals surface area contributed by atoms with Gasteiger partial charge in [-0.3, -0.25) is 9.59 Å². The van der Waals surface area contributed by atoms with Crippen molar-refractivity contribution in [1.82, 2.24) is 14.9 Å². The van der Waals surface area contributed by atoms with Crippen LogP contribution >= 0.6 is 0 Å². The lowest BCUT2D eigenvalue weighted by atomic mass is 10.1. The van der Waals surface area contributed by atoms with Crippen LogP contribution in [0.15, 0.2) is 18.7 Å². The van der Waals surface area contributed by atoms with Gasteiger partial charge in [-0.2, -0.15) is 0 Å². The van der Waals surface area contributed by atoms with Crippen molar-refractivity contribution in [1.29, 1.82) is 0 Å². The standard InChI is InChI=1S/C10H11N3O3/c14-9-1-8(10(15)16)5-13(9)4-7-2-11-6-12-3-7/h2-3,6,8H,1,4-5H2,(H,15,16). The van der Waals surface area contributed by atoms with Crippen LogP contribution < -0.4 is 0 Å². The first kappa shape index (κ1) is 10.5. The van der Waals surface area contributed by atoms with Crippen molar-refractivity contribution < 1.29 is 14.7 Å². The molecule has 0 radical (unpaired) electrons. The van der Waals surface area contributed by atoms with Crippen LogP contribution in [0.1, 0.15) is 12.0 Å². The fraction of sp³-hybridized carbons (Fsp3) is 0.400. The van der Waals surface area contributed by atoms with Crippen LogP contribution in [0, 0.1) is 5.92 Å². The summed E-state index contributed by atoms with van der Waals surface area (Å²) >= 11 is 0. The average molecular weight is 221 g/mol. The third kappa shape index (κ3) is 2.16. The number of carbonyl (C=O) groups excluding carboxylic acids is 1. The zero-order valence-electron chi connectivity index (χ0n) is 8.54. The van der Waals surface area contributed by atoms with Crippen molar-refractivity contribution >= 4 is 11.9 Å². The Labute approximate surface area is 91.9 Å². The first-order chi connectivity index (χ1) is 7.66. The van der Waals surface area contributed by atoms with Crippen LogP contribution in [0.2, 0.25) is 0 Å². The molecule has 1 saturated heterocycles. The Morgan fingerprint density at radius 1 is 1.50 bits per heavy atom. The minimum atomic E-state index is -0.917. The van der Waals surface area contributed by atoms with Crippen molar-refractivity contribution in [2.24, 2.45) is 5.92 Å². The molecule has 1 aromatic rings. The molecule has 0 saturated carbocycles. The minimum Gasteiger partial charge on any atom is -0.481 e. The van der Waals surface area contributed by atoms with Crippen LogP contribution in [0.5, 0.6) is 0 Å². The second-order valence-corrected chi connectivity index (χ2v) is 3.76. The number of rotatable bonds is 3. The molecule has 1 unspecified atom stereocenters. The number of nitrogens with zero attached hydrogens (tertiary/aromatic N) is 3. The average Bonchev–Trinajstić information content (AvgIpc) is 2.62. The third-order valence-electron chi connectivity index (χ3n) is 2.55. The van der Waals surface area contributed by atoms with E-state index >= 15 is 0 Å². The van der Waals surface area contributed by atoms with Gasteiger partial charge in [0.05, 0.1) is 5.92 Å². The normalized spacial score (nSPS) is 20.1. The second kappa shape index (κ2) is 4.26. The molecule has 84 valence electrons. The monoisotopic (exact) mass is 221 g/mol. The molecule has 6 nitrogen and oxygen atoms in total. The predicted octanol–water partition coefficient (Wildman–Crippen LogP) is -0.0903. The maximum Gasteiger partial charge on any atom is 0.308 e. The van der Waals surface area contributed by atoms with Crippen LogP contribution in [-0.4, -0.2) is 38.4 Å². The molecule has 1 atom stereocenters. The maximum absolute atomic E-state index is 11.5. The highest BCUT2D eigenvalue weighted by atomic mass is 16.4. The Morgan fingerprint density at radius 2 is 2.19 bits per heavy atom. The summed E-state index contributed by atoms with van der Waals surface area (Å²) in [7, 11) is 0. The van der Waals surface area contributed by atoms with Crippen LogP contribution in [0.25, 0.3) is 0 Å². The van der Waals surface area contributed by atoms with Crippen molar-refractivity contribution in [3.05, 3.63) is 24.3 Å². The fourth-order valence-corrected chi connectivity index (χ4v) is 1.72. The molecule has 1 aromatic heterocycles. The van der Waals surface area contributed by atoms with Crippen molar-refractivity contribution in [2.75, 3.05) is 6.54 Å². The van der Waals surface area contributed by atoms with Crippen molar-refractivity contribution in [2.45, 2.75) is 13.0 Å². The van der Waals surface area contributed by atoms with Gasteiger partial charge in [0.1, 0.15) is 6.33 Å². The maximum atomic E-state index is 11.5. The van der Waals surface area contributed by atoms with Gasteiger partial charge < -0.3 is 10.0 Å². The number of hydrogen-bond acceptors (Lipinski definition) is 4. The van der Waals surface area contributed by atoms with Crippen LogP contribution in [-0.2, 0) is 16.1 Å². The summed E-state index contributed by atoms with van der Waals surface area (Å²) in [5, 5.41) is 8.81. The molecule has 1 aliphatic heterocycles. The zero-order valence-corrected chi connectivity index (χ0v) is 8.54. The highest BCUT2D eigenvalue weighted by molar-refractivity contribution is 5.86. The Morgan fingerprint density at radius 3 is 2.75 bits per heavy atom. The van der Waals surface area contributed by atoms with Gasteiger partial charge >= 0.3 is 5.97 Å². The molecule has 1 amide bonds. The van der Waals surface area contributed by atoms with E-state index in [9.17, 15) is 9.59 Å². The molecule has 16 heavy (non-hydrogen) atoms. The molecular formula is C10H11N3O3. The van der Waals surface area contributed by atoms with Gasteiger partial charge in [-0.25, -0.2) is 9.97 Å². The molecule has 0 aliphatic carbocycles. The molecule has 1 aliphatic rings. The molecule has 6 heteroatoms. The van der Waals surface area contributed by atoms with E-state index in [1.165, 1.54) is 11.2 Å². The summed E-state index contributed by atoms with van der Waals surface area (Å²) in [5.41, 5.74) is 0.807. The summed E-state index contributed by atoms with van der Waals surface area (Å²) in [6, 6.07) is 0. The summed E-state index contributed by atoms with van der Waals surface area (Å²) in [5.74, 6) is -1.63. The van der Waals surface area contributed by atoms with Gasteiger partial charge in [-0.05, 0) is 0 Å². The topological polar surface area (TPSA) is 83.4 Å². The Hall–Kier alpha value is -1.98. The van der Waals surface area contributed by atoms with E-state index in [0.717, 1.165) is 5.56 Å². The largest absolute Gasteiger partial charge is 0.481 e. The lowest BCUT2D eigenvalue weighted by Crippen LogP contribution is -2.25. The van der Waals surface area contributed by atoms with E-state index in [-0.39, 0.29) is 18.9 Å². The number of aliphatic carboxylic acids is 1. The molecule has 2 heterocycles. The van der Waals surface area contributed by atoms with Gasteiger partial charge in [-0.1, -0.05) is 0 Å². The molecular weight excluding hydrogens is 210 g/mol. The van der Waals surface area contributed by atoms with Gasteiger partial charge in [0, 0.05) is 37.5 Å². The number of aromatic nitrogens is 2. The molecule has 1 fully saturated rings. The number of carbonyl (C=O) groups is 2. The Kier molecular flexibility index (Phi) is 2.80. The Balaban J connectivity index is 2.02. The molecule has 1 N–H and O–H groups in total. The van der Waals surface area contributed by atoms with E-state index in [4.69, 9.17) is 5.11 Å². The minimum absolute atomic E-state index is 0.0863. The first-order valence-corrected chi connectivity index (χ1v) is 4.91.